The number of nitrogens with one attached hydrogen (secondary N) is 1. The lowest BCUT2D eigenvalue weighted by Crippen LogP contribution is -2.48. The van der Waals surface area contributed by atoms with E-state index in [9.17, 15) is 9.59 Å². The van der Waals surface area contributed by atoms with Crippen LogP contribution in [0.3, 0.4) is 0 Å². The van der Waals surface area contributed by atoms with Crippen molar-refractivity contribution < 1.29 is 9.59 Å². The van der Waals surface area contributed by atoms with E-state index in [-0.39, 0.29) is 24.0 Å². The second kappa shape index (κ2) is 9.49. The van der Waals surface area contributed by atoms with E-state index in [0.717, 1.165) is 33.8 Å². The van der Waals surface area contributed by atoms with Gasteiger partial charge in [-0.3, -0.25) is 9.69 Å². The number of benzene rings is 3. The minimum Gasteiger partial charge on any atom is -0.309 e. The van der Waals surface area contributed by atoms with E-state index in [1.807, 2.05) is 97.3 Å². The molecule has 2 unspecified atom stereocenters. The van der Waals surface area contributed by atoms with Gasteiger partial charge in [0.15, 0.2) is 0 Å². The summed E-state index contributed by atoms with van der Waals surface area (Å²) in [6.07, 6.45) is 1.09. The summed E-state index contributed by atoms with van der Waals surface area (Å²) in [5, 5.41) is 3.06. The SMILES string of the molecule is CCC(=O)N1c2ccc(C)cc2C(N(C(=O)Nc2ccccc2)c2ccc(C)cc2)CC1C. The highest BCUT2D eigenvalue weighted by molar-refractivity contribution is 6.03. The van der Waals surface area contributed by atoms with Gasteiger partial charge in [-0.25, -0.2) is 4.79 Å². The summed E-state index contributed by atoms with van der Waals surface area (Å²) in [5.41, 5.74) is 5.70. The largest absolute Gasteiger partial charge is 0.326 e. The van der Waals surface area contributed by atoms with Gasteiger partial charge in [-0.15, -0.1) is 0 Å². The molecule has 0 fully saturated rings. The molecule has 3 aromatic rings. The van der Waals surface area contributed by atoms with Crippen LogP contribution in [0.4, 0.5) is 21.9 Å². The van der Waals surface area contributed by atoms with E-state index >= 15 is 0 Å². The molecule has 33 heavy (non-hydrogen) atoms. The van der Waals surface area contributed by atoms with Crippen molar-refractivity contribution in [1.82, 2.24) is 0 Å². The van der Waals surface area contributed by atoms with Crippen LogP contribution in [0.25, 0.3) is 0 Å². The fourth-order valence-corrected chi connectivity index (χ4v) is 4.60. The Morgan fingerprint density at radius 2 is 1.64 bits per heavy atom. The molecule has 0 spiro atoms. The minimum atomic E-state index is -0.206. The molecule has 0 aromatic heterocycles. The number of amides is 3. The molecule has 0 saturated heterocycles. The van der Waals surface area contributed by atoms with Gasteiger partial charge in [-0.05, 0) is 63.1 Å². The number of fused-ring (bicyclic) bond motifs is 1. The van der Waals surface area contributed by atoms with Gasteiger partial charge in [0, 0.05) is 29.5 Å². The van der Waals surface area contributed by atoms with Gasteiger partial charge in [0.1, 0.15) is 0 Å². The smallest absolute Gasteiger partial charge is 0.309 e. The summed E-state index contributed by atoms with van der Waals surface area (Å²) in [4.78, 5) is 30.3. The minimum absolute atomic E-state index is 0.0323. The Kier molecular flexibility index (Phi) is 6.50. The van der Waals surface area contributed by atoms with E-state index in [2.05, 4.69) is 18.3 Å². The van der Waals surface area contributed by atoms with E-state index in [1.165, 1.54) is 0 Å². The Bertz CT molecular complexity index is 1140. The predicted molar refractivity (Wildman–Crippen MR) is 135 cm³/mol. The van der Waals surface area contributed by atoms with Crippen molar-refractivity contribution in [2.45, 2.75) is 52.6 Å². The lowest BCUT2D eigenvalue weighted by atomic mass is 9.89. The summed E-state index contributed by atoms with van der Waals surface area (Å²) in [7, 11) is 0. The maximum absolute atomic E-state index is 13.7. The fraction of sp³-hybridized carbons (Fsp3) is 0.286. The fourth-order valence-electron chi connectivity index (χ4n) is 4.60. The van der Waals surface area contributed by atoms with Gasteiger partial charge in [-0.1, -0.05) is 60.5 Å². The van der Waals surface area contributed by atoms with Crippen molar-refractivity contribution in [3.05, 3.63) is 89.5 Å². The third kappa shape index (κ3) is 4.63. The van der Waals surface area contributed by atoms with Crippen LogP contribution in [0.15, 0.2) is 72.8 Å². The molecule has 5 heteroatoms. The van der Waals surface area contributed by atoms with Crippen molar-refractivity contribution in [2.75, 3.05) is 15.1 Å². The van der Waals surface area contributed by atoms with Crippen LogP contribution in [-0.2, 0) is 4.79 Å². The molecule has 0 aliphatic carbocycles. The van der Waals surface area contributed by atoms with Crippen LogP contribution < -0.4 is 15.1 Å². The molecular formula is C28H31N3O2. The van der Waals surface area contributed by atoms with Crippen LogP contribution in [0.2, 0.25) is 0 Å². The molecule has 3 aromatic carbocycles. The van der Waals surface area contributed by atoms with Gasteiger partial charge in [0.05, 0.1) is 6.04 Å². The predicted octanol–water partition coefficient (Wildman–Crippen LogP) is 6.62. The first-order valence-electron chi connectivity index (χ1n) is 11.5. The second-order valence-electron chi connectivity index (χ2n) is 8.78. The topological polar surface area (TPSA) is 52.7 Å². The Balaban J connectivity index is 1.82. The zero-order chi connectivity index (χ0) is 23.5. The molecule has 1 aliphatic rings. The van der Waals surface area contributed by atoms with Crippen LogP contribution in [0.5, 0.6) is 0 Å². The summed E-state index contributed by atoms with van der Waals surface area (Å²) < 4.78 is 0. The molecule has 3 amide bonds. The van der Waals surface area contributed by atoms with Gasteiger partial charge in [0.2, 0.25) is 5.91 Å². The Labute approximate surface area is 196 Å². The Morgan fingerprint density at radius 3 is 2.30 bits per heavy atom. The van der Waals surface area contributed by atoms with Crippen molar-refractivity contribution in [3.8, 4) is 0 Å². The normalized spacial score (nSPS) is 17.3. The number of nitrogens with zero attached hydrogens (tertiary/aromatic N) is 2. The maximum Gasteiger partial charge on any atom is 0.326 e. The van der Waals surface area contributed by atoms with Gasteiger partial charge < -0.3 is 10.2 Å². The first-order valence-corrected chi connectivity index (χ1v) is 11.5. The number of carbonyl (C=O) groups excluding carboxylic acids is 2. The standard InChI is InChI=1S/C28H31N3O2/c1-5-27(32)30-21(4)18-26(24-17-20(3)13-16-25(24)30)31(23-14-11-19(2)12-15-23)28(33)29-22-9-7-6-8-10-22/h6-17,21,26H,5,18H2,1-4H3,(H,29,33). The summed E-state index contributed by atoms with van der Waals surface area (Å²) in [5.74, 6) is 0.0988. The molecule has 0 radical (unpaired) electrons. The molecule has 2 atom stereocenters. The number of hydrogen-bond donors (Lipinski definition) is 1. The van der Waals surface area contributed by atoms with E-state index < -0.39 is 0 Å². The number of urea groups is 1. The van der Waals surface area contributed by atoms with E-state index in [0.29, 0.717) is 12.8 Å². The van der Waals surface area contributed by atoms with E-state index in [4.69, 9.17) is 0 Å². The molecule has 0 saturated carbocycles. The highest BCUT2D eigenvalue weighted by Crippen LogP contribution is 2.43. The van der Waals surface area contributed by atoms with Crippen molar-refractivity contribution in [3.63, 3.8) is 0 Å². The molecule has 1 aliphatic heterocycles. The van der Waals surface area contributed by atoms with Crippen LogP contribution in [0, 0.1) is 13.8 Å². The number of anilines is 3. The van der Waals surface area contributed by atoms with Gasteiger partial charge in [-0.2, -0.15) is 0 Å². The average molecular weight is 442 g/mol. The summed E-state index contributed by atoms with van der Waals surface area (Å²) >= 11 is 0. The number of carbonyl (C=O) groups is 2. The van der Waals surface area contributed by atoms with Crippen LogP contribution in [0.1, 0.15) is 49.4 Å². The Morgan fingerprint density at radius 1 is 0.970 bits per heavy atom. The molecule has 4 rings (SSSR count). The zero-order valence-electron chi connectivity index (χ0n) is 19.7. The average Bonchev–Trinajstić information content (AvgIpc) is 2.81. The number of hydrogen-bond acceptors (Lipinski definition) is 2. The first kappa shape index (κ1) is 22.6. The monoisotopic (exact) mass is 441 g/mol. The molecule has 1 heterocycles. The summed E-state index contributed by atoms with van der Waals surface area (Å²) in [6.45, 7) is 8.03. The van der Waals surface area contributed by atoms with Crippen molar-refractivity contribution in [1.29, 1.82) is 0 Å². The van der Waals surface area contributed by atoms with Crippen LogP contribution in [-0.4, -0.2) is 18.0 Å². The lowest BCUT2D eigenvalue weighted by molar-refractivity contribution is -0.118. The molecular weight excluding hydrogens is 410 g/mol. The quantitative estimate of drug-likeness (QED) is 0.495. The van der Waals surface area contributed by atoms with Crippen molar-refractivity contribution >= 4 is 29.0 Å². The Hall–Kier alpha value is -3.60. The summed E-state index contributed by atoms with van der Waals surface area (Å²) in [6, 6.07) is 23.3. The third-order valence-electron chi connectivity index (χ3n) is 6.25. The maximum atomic E-state index is 13.7. The second-order valence-corrected chi connectivity index (χ2v) is 8.78. The van der Waals surface area contributed by atoms with E-state index in [1.54, 1.807) is 0 Å². The molecule has 5 nitrogen and oxygen atoms in total. The van der Waals surface area contributed by atoms with Crippen molar-refractivity contribution in [2.24, 2.45) is 0 Å². The molecule has 0 bridgehead atoms. The highest BCUT2D eigenvalue weighted by atomic mass is 16.2. The number of rotatable bonds is 4. The van der Waals surface area contributed by atoms with Gasteiger partial charge >= 0.3 is 6.03 Å². The highest BCUT2D eigenvalue weighted by Gasteiger charge is 2.38. The first-order chi connectivity index (χ1) is 15.9. The molecule has 170 valence electrons. The number of para-hydroxylation sites is 1. The third-order valence-corrected chi connectivity index (χ3v) is 6.25. The number of aryl methyl sites for hydroxylation is 2. The molecule has 1 N–H and O–H groups in total. The van der Waals surface area contributed by atoms with Crippen LogP contribution >= 0.6 is 0 Å². The lowest BCUT2D eigenvalue weighted by Gasteiger charge is -2.43. The van der Waals surface area contributed by atoms with Gasteiger partial charge in [0.25, 0.3) is 0 Å². The zero-order valence-corrected chi connectivity index (χ0v) is 19.7.